The normalized spacial score (nSPS) is 2.40. The third-order valence-electron chi connectivity index (χ3n) is 0. The molecule has 0 unspecified atom stereocenters. The van der Waals surface area contributed by atoms with E-state index in [-0.39, 0.29) is 34.0 Å². The zero-order valence-corrected chi connectivity index (χ0v) is 1.73. The summed E-state index contributed by atoms with van der Waals surface area (Å²) in [6.07, 6.45) is 0.750. The predicted octanol–water partition coefficient (Wildman–Crippen LogP) is -1.68. The van der Waals surface area contributed by atoms with Crippen LogP contribution in [-0.4, -0.2) is 39.1 Å². The molecule has 0 amide bonds. The molecular weight excluding hydrogens is 92.4 g/mol. The maximum absolute atomic E-state index is 7.33. The molecule has 0 aliphatic rings. The Balaban J connectivity index is -0.0000000200. The maximum Gasteiger partial charge on any atom is 0.316 e. The van der Waals surface area contributed by atoms with Crippen molar-refractivity contribution in [3.05, 3.63) is 12.8 Å². The molecule has 1 N–H and O–H groups in total. The average molecular weight is 102 g/mol. The second kappa shape index (κ2) is 24.2. The lowest BCUT2D eigenvalue weighted by Crippen LogP contribution is -1.25. The minimum absolute atomic E-state index is 0. The van der Waals surface area contributed by atoms with Gasteiger partial charge < -0.3 is 5.11 Å². The van der Waals surface area contributed by atoms with Crippen molar-refractivity contribution < 1.29 is 5.11 Å². The fourth-order valence-electron chi connectivity index (χ4n) is 0. The smallest absolute Gasteiger partial charge is 0.316 e. The van der Waals surface area contributed by atoms with Gasteiger partial charge in [0.15, 0.2) is 0 Å². The van der Waals surface area contributed by atoms with Crippen LogP contribution in [0.5, 0.6) is 0 Å². The number of hydrogen-bond acceptors (Lipinski definition) is 1. The Morgan fingerprint density at radius 1 is 1.60 bits per heavy atom. The van der Waals surface area contributed by atoms with E-state index in [2.05, 4.69) is 6.58 Å². The first-order valence-electron chi connectivity index (χ1n) is 0.666. The first kappa shape index (κ1) is 17.7. The highest BCUT2D eigenvalue weighted by atomic mass is 28.1. The van der Waals surface area contributed by atoms with E-state index in [0.29, 0.717) is 0 Å². The molecule has 0 bridgehead atoms. The van der Waals surface area contributed by atoms with Crippen LogP contribution in [0.4, 0.5) is 0 Å². The van der Waals surface area contributed by atoms with Crippen LogP contribution in [0, 0.1) is 0 Å². The number of aliphatic hydroxyl groups excluding tert-OH is 1. The van der Waals surface area contributed by atoms with Crippen LogP contribution in [0.3, 0.4) is 0 Å². The highest BCUT2D eigenvalue weighted by molar-refractivity contribution is 5.76. The lowest BCUT2D eigenvalue weighted by molar-refractivity contribution is 0.476. The van der Waals surface area contributed by atoms with Crippen LogP contribution >= 0.6 is 0 Å². The van der Waals surface area contributed by atoms with E-state index < -0.39 is 0 Å². The molecule has 0 aromatic heterocycles. The molecule has 3 heteroatoms. The minimum Gasteiger partial charge on any atom is -0.516 e. The highest BCUT2D eigenvalue weighted by Gasteiger charge is 1.11. The van der Waals surface area contributed by atoms with Crippen molar-refractivity contribution in [3.63, 3.8) is 0 Å². The van der Waals surface area contributed by atoms with Gasteiger partial charge >= 0.3 is 23.1 Å². The molecule has 0 aromatic carbocycles. The topological polar surface area (TPSA) is 20.2 Å². The molecule has 0 aliphatic carbocycles. The second-order valence-corrected chi connectivity index (χ2v) is 0.183. The zero-order chi connectivity index (χ0) is 2.71. The quantitative estimate of drug-likeness (QED) is 0.286. The largest absolute Gasteiger partial charge is 0.516 e. The summed E-state index contributed by atoms with van der Waals surface area (Å²) in [5.74, 6) is 0. The van der Waals surface area contributed by atoms with E-state index in [4.69, 9.17) is 5.11 Å². The van der Waals surface area contributed by atoms with Crippen molar-refractivity contribution in [1.82, 2.24) is 0 Å². The fraction of sp³-hybridized carbons (Fsp3) is 0. The van der Waals surface area contributed by atoms with Gasteiger partial charge in [0, 0.05) is 0 Å². The van der Waals surface area contributed by atoms with Gasteiger partial charge in [-0.05, 0) is 11.0 Å². The Bertz CT molecular complexity index is 17.1. The standard InChI is InChI=1S/C2H4O.Mg.H4Si.2H/c1-2-3;;;;/h2-3H,1H2;;1H4;;. The van der Waals surface area contributed by atoms with E-state index in [0.717, 1.165) is 6.26 Å². The van der Waals surface area contributed by atoms with Crippen molar-refractivity contribution in [2.45, 2.75) is 0 Å². The number of hydrogen-bond donors (Lipinski definition) is 1. The monoisotopic (exact) mass is 102 g/mol. The van der Waals surface area contributed by atoms with Crippen LogP contribution in [0.2, 0.25) is 0 Å². The van der Waals surface area contributed by atoms with E-state index in [1.165, 1.54) is 0 Å². The van der Waals surface area contributed by atoms with E-state index in [1.807, 2.05) is 0 Å². The van der Waals surface area contributed by atoms with Gasteiger partial charge in [-0.25, -0.2) is 0 Å². The lowest BCUT2D eigenvalue weighted by Gasteiger charge is -1.41. The zero-order valence-electron chi connectivity index (χ0n) is 1.73. The second-order valence-electron chi connectivity index (χ2n) is 0.183. The van der Waals surface area contributed by atoms with Crippen LogP contribution in [0.1, 0.15) is 0 Å². The minimum atomic E-state index is 0. The predicted molar refractivity (Wildman–Crippen MR) is 32.7 cm³/mol. The summed E-state index contributed by atoms with van der Waals surface area (Å²) in [6.45, 7) is 2.92. The van der Waals surface area contributed by atoms with Gasteiger partial charge in [-0.15, -0.1) is 0 Å². The Labute approximate surface area is 52.3 Å². The Morgan fingerprint density at radius 2 is 1.60 bits per heavy atom. The van der Waals surface area contributed by atoms with E-state index in [9.17, 15) is 0 Å². The van der Waals surface area contributed by atoms with Crippen molar-refractivity contribution in [3.8, 4) is 0 Å². The molecule has 0 aromatic rings. The molecule has 0 radical (unpaired) electrons. The van der Waals surface area contributed by atoms with Crippen molar-refractivity contribution in [2.75, 3.05) is 0 Å². The summed E-state index contributed by atoms with van der Waals surface area (Å²) in [6, 6.07) is 0. The van der Waals surface area contributed by atoms with Crippen LogP contribution < -0.4 is 0 Å². The molecule has 0 heterocycles. The SMILES string of the molecule is C=CO.[MgH2].[SiH4]. The summed E-state index contributed by atoms with van der Waals surface area (Å²) >= 11 is 0. The summed E-state index contributed by atoms with van der Waals surface area (Å²) in [5.41, 5.74) is 0. The van der Waals surface area contributed by atoms with Crippen LogP contribution in [0.15, 0.2) is 12.8 Å². The van der Waals surface area contributed by atoms with Gasteiger partial charge in [0.1, 0.15) is 0 Å². The molecule has 30 valence electrons. The Morgan fingerprint density at radius 3 is 1.60 bits per heavy atom. The third kappa shape index (κ3) is 105. The summed E-state index contributed by atoms with van der Waals surface area (Å²) in [7, 11) is 0. The molecule has 0 rings (SSSR count). The summed E-state index contributed by atoms with van der Waals surface area (Å²) < 4.78 is 0. The first-order chi connectivity index (χ1) is 1.41. The Kier molecular flexibility index (Phi) is 85.9. The molecule has 0 aliphatic heterocycles. The molecule has 0 saturated carbocycles. The third-order valence-corrected chi connectivity index (χ3v) is 0. The number of rotatable bonds is 0. The van der Waals surface area contributed by atoms with E-state index in [1.54, 1.807) is 0 Å². The molecular formula is C2H10MgOSi. The van der Waals surface area contributed by atoms with Gasteiger partial charge in [-0.3, -0.25) is 0 Å². The lowest BCUT2D eigenvalue weighted by atomic mass is 11.2. The van der Waals surface area contributed by atoms with Crippen molar-refractivity contribution in [2.24, 2.45) is 0 Å². The van der Waals surface area contributed by atoms with Gasteiger partial charge in [-0.1, -0.05) is 6.58 Å². The fourth-order valence-corrected chi connectivity index (χ4v) is 0. The average Bonchev–Trinajstić information content (AvgIpc) is 0.918. The van der Waals surface area contributed by atoms with E-state index >= 15 is 0 Å². The van der Waals surface area contributed by atoms with Crippen molar-refractivity contribution in [1.29, 1.82) is 0 Å². The number of aliphatic hydroxyl groups is 1. The molecule has 0 atom stereocenters. The Hall–Kier alpha value is 0.523. The molecule has 0 fully saturated rings. The molecule has 1 nitrogen and oxygen atoms in total. The van der Waals surface area contributed by atoms with Gasteiger partial charge in [0.05, 0.1) is 6.26 Å². The van der Waals surface area contributed by atoms with Crippen LogP contribution in [-0.2, 0) is 0 Å². The summed E-state index contributed by atoms with van der Waals surface area (Å²) in [4.78, 5) is 0. The maximum atomic E-state index is 7.33. The van der Waals surface area contributed by atoms with Gasteiger partial charge in [-0.2, -0.15) is 0 Å². The molecule has 0 spiro atoms. The van der Waals surface area contributed by atoms with Gasteiger partial charge in [0.2, 0.25) is 0 Å². The molecule has 5 heavy (non-hydrogen) atoms. The van der Waals surface area contributed by atoms with Crippen molar-refractivity contribution >= 4 is 34.0 Å². The summed E-state index contributed by atoms with van der Waals surface area (Å²) in [5, 5.41) is 7.33. The molecule has 0 saturated heterocycles. The van der Waals surface area contributed by atoms with Crippen LogP contribution in [0.25, 0.3) is 0 Å². The highest BCUT2D eigenvalue weighted by Crippen LogP contribution is 1.26. The first-order valence-corrected chi connectivity index (χ1v) is 0.666. The van der Waals surface area contributed by atoms with Gasteiger partial charge in [0.25, 0.3) is 0 Å².